The van der Waals surface area contributed by atoms with Gasteiger partial charge in [0.15, 0.2) is 5.01 Å². The van der Waals surface area contributed by atoms with E-state index < -0.39 is 0 Å². The minimum Gasteiger partial charge on any atom is -0.486 e. The molecule has 2 rings (SSSR count). The maximum atomic E-state index is 5.67. The molecule has 1 aromatic carbocycles. The number of ether oxygens (including phenoxy) is 1. The molecule has 2 N–H and O–H groups in total. The number of anilines is 1. The third kappa shape index (κ3) is 3.17. The zero-order chi connectivity index (χ0) is 12.3. The van der Waals surface area contributed by atoms with Crippen LogP contribution < -0.4 is 10.5 Å². The van der Waals surface area contributed by atoms with Crippen molar-refractivity contribution >= 4 is 17.0 Å². The van der Waals surface area contributed by atoms with Gasteiger partial charge in [-0.05, 0) is 12.1 Å². The molecule has 0 radical (unpaired) electrons. The van der Waals surface area contributed by atoms with Crippen molar-refractivity contribution in [3.05, 3.63) is 34.3 Å². The average Bonchev–Trinajstić information content (AvgIpc) is 2.75. The van der Waals surface area contributed by atoms with Crippen LogP contribution in [0.1, 0.15) is 29.8 Å². The summed E-state index contributed by atoms with van der Waals surface area (Å²) in [4.78, 5) is 0. The second kappa shape index (κ2) is 5.14. The molecule has 1 aromatic heterocycles. The highest BCUT2D eigenvalue weighted by molar-refractivity contribution is 7.11. The zero-order valence-electron chi connectivity index (χ0n) is 9.88. The maximum absolute atomic E-state index is 5.67. The van der Waals surface area contributed by atoms with Crippen LogP contribution in [-0.2, 0) is 6.61 Å². The molecule has 0 spiro atoms. The molecule has 0 saturated heterocycles. The Balaban J connectivity index is 1.97. The van der Waals surface area contributed by atoms with E-state index in [2.05, 4.69) is 24.0 Å². The van der Waals surface area contributed by atoms with Crippen molar-refractivity contribution in [2.45, 2.75) is 26.4 Å². The van der Waals surface area contributed by atoms with Gasteiger partial charge in [0.2, 0.25) is 0 Å². The molecule has 0 atom stereocenters. The smallest absolute Gasteiger partial charge is 0.155 e. The first-order valence-corrected chi connectivity index (χ1v) is 6.27. The van der Waals surface area contributed by atoms with Gasteiger partial charge in [-0.2, -0.15) is 0 Å². The van der Waals surface area contributed by atoms with E-state index in [0.29, 0.717) is 18.2 Å². The fourth-order valence-corrected chi connectivity index (χ4v) is 2.07. The summed E-state index contributed by atoms with van der Waals surface area (Å²) in [5.41, 5.74) is 6.36. The molecule has 90 valence electrons. The Morgan fingerprint density at radius 3 is 2.82 bits per heavy atom. The summed E-state index contributed by atoms with van der Waals surface area (Å²) in [7, 11) is 0. The van der Waals surface area contributed by atoms with E-state index in [4.69, 9.17) is 10.5 Å². The Hall–Kier alpha value is -1.62. The fourth-order valence-electron chi connectivity index (χ4n) is 1.31. The number of nitrogens with zero attached hydrogens (tertiary/aromatic N) is 2. The van der Waals surface area contributed by atoms with Crippen LogP contribution in [0.25, 0.3) is 0 Å². The summed E-state index contributed by atoms with van der Waals surface area (Å²) in [5, 5.41) is 10.1. The van der Waals surface area contributed by atoms with Crippen molar-refractivity contribution < 1.29 is 4.74 Å². The van der Waals surface area contributed by atoms with Gasteiger partial charge in [-0.25, -0.2) is 0 Å². The molecule has 1 heterocycles. The van der Waals surface area contributed by atoms with Crippen LogP contribution in [0.3, 0.4) is 0 Å². The van der Waals surface area contributed by atoms with Gasteiger partial charge in [-0.3, -0.25) is 0 Å². The zero-order valence-corrected chi connectivity index (χ0v) is 10.7. The summed E-state index contributed by atoms with van der Waals surface area (Å²) < 4.78 is 5.59. The number of nitrogen functional groups attached to an aromatic ring is 1. The van der Waals surface area contributed by atoms with Crippen LogP contribution >= 0.6 is 11.3 Å². The first-order valence-electron chi connectivity index (χ1n) is 5.46. The van der Waals surface area contributed by atoms with E-state index >= 15 is 0 Å². The largest absolute Gasteiger partial charge is 0.486 e. The predicted octanol–water partition coefficient (Wildman–Crippen LogP) is 2.82. The molecule has 0 aliphatic carbocycles. The van der Waals surface area contributed by atoms with Crippen molar-refractivity contribution in [2.24, 2.45) is 0 Å². The lowest BCUT2D eigenvalue weighted by atomic mass is 10.2. The molecule has 4 nitrogen and oxygen atoms in total. The quantitative estimate of drug-likeness (QED) is 0.846. The topological polar surface area (TPSA) is 61.0 Å². The van der Waals surface area contributed by atoms with E-state index in [0.717, 1.165) is 15.8 Å². The van der Waals surface area contributed by atoms with Crippen molar-refractivity contribution in [1.29, 1.82) is 0 Å². The number of hydrogen-bond donors (Lipinski definition) is 1. The van der Waals surface area contributed by atoms with Crippen LogP contribution in [0, 0.1) is 0 Å². The molecule has 0 bridgehead atoms. The van der Waals surface area contributed by atoms with Gasteiger partial charge in [-0.1, -0.05) is 31.3 Å². The van der Waals surface area contributed by atoms with Crippen molar-refractivity contribution in [2.75, 3.05) is 5.73 Å². The van der Waals surface area contributed by atoms with Crippen molar-refractivity contribution in [3.8, 4) is 5.75 Å². The Morgan fingerprint density at radius 1 is 1.35 bits per heavy atom. The van der Waals surface area contributed by atoms with Gasteiger partial charge in [-0.15, -0.1) is 10.2 Å². The lowest BCUT2D eigenvalue weighted by Gasteiger charge is -2.03. The highest BCUT2D eigenvalue weighted by Gasteiger charge is 2.08. The Kier molecular flexibility index (Phi) is 3.58. The summed E-state index contributed by atoms with van der Waals surface area (Å²) in [6.45, 7) is 4.64. The van der Waals surface area contributed by atoms with Gasteiger partial charge < -0.3 is 10.5 Å². The molecule has 5 heteroatoms. The standard InChI is InChI=1S/C12H15N3OS/c1-8(2)12-15-14-11(17-12)7-16-10-5-3-4-9(13)6-10/h3-6,8H,7,13H2,1-2H3. The molecule has 2 aromatic rings. The molecule has 0 unspecified atom stereocenters. The third-order valence-electron chi connectivity index (χ3n) is 2.20. The minimum atomic E-state index is 0.411. The highest BCUT2D eigenvalue weighted by atomic mass is 32.1. The number of aromatic nitrogens is 2. The lowest BCUT2D eigenvalue weighted by Crippen LogP contribution is -1.95. The van der Waals surface area contributed by atoms with E-state index in [9.17, 15) is 0 Å². The van der Waals surface area contributed by atoms with E-state index in [1.54, 1.807) is 17.4 Å². The summed E-state index contributed by atoms with van der Waals surface area (Å²) in [6, 6.07) is 7.37. The Labute approximate surface area is 104 Å². The maximum Gasteiger partial charge on any atom is 0.155 e. The van der Waals surface area contributed by atoms with Gasteiger partial charge >= 0.3 is 0 Å². The van der Waals surface area contributed by atoms with Crippen LogP contribution in [0.15, 0.2) is 24.3 Å². The first-order chi connectivity index (χ1) is 8.15. The van der Waals surface area contributed by atoms with Crippen LogP contribution in [-0.4, -0.2) is 10.2 Å². The Bertz CT molecular complexity index is 496. The van der Waals surface area contributed by atoms with Gasteiger partial charge in [0.1, 0.15) is 17.4 Å². The summed E-state index contributed by atoms with van der Waals surface area (Å²) >= 11 is 1.59. The summed E-state index contributed by atoms with van der Waals surface area (Å²) in [6.07, 6.45) is 0. The average molecular weight is 249 g/mol. The van der Waals surface area contributed by atoms with Gasteiger partial charge in [0.05, 0.1) is 0 Å². The molecular weight excluding hydrogens is 234 g/mol. The highest BCUT2D eigenvalue weighted by Crippen LogP contribution is 2.21. The minimum absolute atomic E-state index is 0.411. The van der Waals surface area contributed by atoms with E-state index in [-0.39, 0.29) is 0 Å². The predicted molar refractivity (Wildman–Crippen MR) is 69.2 cm³/mol. The van der Waals surface area contributed by atoms with Crippen molar-refractivity contribution in [3.63, 3.8) is 0 Å². The number of hydrogen-bond acceptors (Lipinski definition) is 5. The van der Waals surface area contributed by atoms with Crippen LogP contribution in [0.2, 0.25) is 0 Å². The Morgan fingerprint density at radius 2 is 2.18 bits per heavy atom. The van der Waals surface area contributed by atoms with E-state index in [1.807, 2.05) is 18.2 Å². The molecule has 0 saturated carbocycles. The molecule has 0 fully saturated rings. The monoisotopic (exact) mass is 249 g/mol. The SMILES string of the molecule is CC(C)c1nnc(COc2cccc(N)c2)s1. The first kappa shape index (κ1) is 11.9. The lowest BCUT2D eigenvalue weighted by molar-refractivity contribution is 0.304. The van der Waals surface area contributed by atoms with Crippen LogP contribution in [0.4, 0.5) is 5.69 Å². The van der Waals surface area contributed by atoms with Gasteiger partial charge in [0.25, 0.3) is 0 Å². The van der Waals surface area contributed by atoms with Crippen LogP contribution in [0.5, 0.6) is 5.75 Å². The number of benzene rings is 1. The normalized spacial score (nSPS) is 10.8. The molecular formula is C12H15N3OS. The van der Waals surface area contributed by atoms with Crippen molar-refractivity contribution in [1.82, 2.24) is 10.2 Å². The second-order valence-electron chi connectivity index (χ2n) is 4.05. The van der Waals surface area contributed by atoms with Gasteiger partial charge in [0, 0.05) is 17.7 Å². The molecule has 17 heavy (non-hydrogen) atoms. The third-order valence-corrected chi connectivity index (χ3v) is 3.39. The summed E-state index contributed by atoms with van der Waals surface area (Å²) in [5.74, 6) is 1.17. The number of rotatable bonds is 4. The molecule has 0 aliphatic heterocycles. The number of nitrogens with two attached hydrogens (primary N) is 1. The second-order valence-corrected chi connectivity index (χ2v) is 5.14. The van der Waals surface area contributed by atoms with E-state index in [1.165, 1.54) is 0 Å². The fraction of sp³-hybridized carbons (Fsp3) is 0.333. The molecule has 0 aliphatic rings. The molecule has 0 amide bonds.